The number of likely N-dealkylation sites (N-methyl/N-ethyl adjacent to an activating group) is 1. The topological polar surface area (TPSA) is 95.2 Å². The first-order valence-electron chi connectivity index (χ1n) is 10.5. The van der Waals surface area contributed by atoms with Crippen LogP contribution in [0.4, 0.5) is 5.69 Å². The lowest BCUT2D eigenvalue weighted by Crippen LogP contribution is -2.23. The van der Waals surface area contributed by atoms with E-state index in [1.807, 2.05) is 12.1 Å². The Labute approximate surface area is 184 Å². The van der Waals surface area contributed by atoms with Crippen LogP contribution in [0.15, 0.2) is 29.1 Å². The molecule has 0 bridgehead atoms. The Kier molecular flexibility index (Phi) is 6.18. The number of nitrogens with zero attached hydrogens (tertiary/aromatic N) is 2. The van der Waals surface area contributed by atoms with E-state index in [2.05, 4.69) is 15.3 Å². The van der Waals surface area contributed by atoms with Crippen molar-refractivity contribution in [3.05, 3.63) is 56.4 Å². The number of carbonyl (C=O) groups is 2. The van der Waals surface area contributed by atoms with E-state index in [9.17, 15) is 14.4 Å². The number of H-pyrrole nitrogens is 1. The summed E-state index contributed by atoms with van der Waals surface area (Å²) in [6.45, 7) is 0. The van der Waals surface area contributed by atoms with Gasteiger partial charge in [-0.05, 0) is 48.9 Å². The number of thiophene rings is 1. The molecule has 0 aliphatic heterocycles. The molecule has 0 fully saturated rings. The van der Waals surface area contributed by atoms with E-state index in [-0.39, 0.29) is 23.8 Å². The summed E-state index contributed by atoms with van der Waals surface area (Å²) < 4.78 is 0. The maximum absolute atomic E-state index is 12.6. The first-order valence-corrected chi connectivity index (χ1v) is 11.3. The molecule has 8 heteroatoms. The molecule has 3 aromatic rings. The monoisotopic (exact) mass is 438 g/mol. The third kappa shape index (κ3) is 4.85. The smallest absolute Gasteiger partial charge is 0.259 e. The summed E-state index contributed by atoms with van der Waals surface area (Å²) in [6, 6.07) is 7.25. The van der Waals surface area contributed by atoms with Crippen molar-refractivity contribution in [2.45, 2.75) is 44.9 Å². The zero-order chi connectivity index (χ0) is 22.0. The first-order chi connectivity index (χ1) is 14.9. The van der Waals surface area contributed by atoms with Gasteiger partial charge >= 0.3 is 0 Å². The van der Waals surface area contributed by atoms with Gasteiger partial charge in [0.25, 0.3) is 5.56 Å². The summed E-state index contributed by atoms with van der Waals surface area (Å²) in [5.41, 5.74) is 2.64. The van der Waals surface area contributed by atoms with Crippen LogP contribution in [0.2, 0.25) is 0 Å². The number of benzene rings is 1. The first kappa shape index (κ1) is 21.2. The number of rotatable bonds is 6. The van der Waals surface area contributed by atoms with Gasteiger partial charge in [0.2, 0.25) is 11.8 Å². The van der Waals surface area contributed by atoms with Crippen molar-refractivity contribution >= 4 is 39.1 Å². The highest BCUT2D eigenvalue weighted by Gasteiger charge is 2.20. The normalized spacial score (nSPS) is 13.1. The van der Waals surface area contributed by atoms with Gasteiger partial charge in [0.15, 0.2) is 0 Å². The average molecular weight is 439 g/mol. The number of nitrogens with one attached hydrogen (secondary N) is 2. The molecule has 1 aliphatic rings. The van der Waals surface area contributed by atoms with Gasteiger partial charge in [-0.2, -0.15) is 0 Å². The van der Waals surface area contributed by atoms with Gasteiger partial charge in [0, 0.05) is 37.5 Å². The molecule has 2 amide bonds. The standard InChI is InChI=1S/C23H26N4O3S/c1-27(2)20(29)13-14-7-9-15(10-8-14)24-19(28)12-11-18-25-22(30)21-16-5-3-4-6-17(16)31-23(21)26-18/h7-10H,3-6,11-13H2,1-2H3,(H,24,28)(H,25,26,30). The van der Waals surface area contributed by atoms with E-state index in [0.717, 1.165) is 41.5 Å². The molecular weight excluding hydrogens is 412 g/mol. The molecule has 0 saturated carbocycles. The van der Waals surface area contributed by atoms with Crippen molar-refractivity contribution in [3.63, 3.8) is 0 Å². The highest BCUT2D eigenvalue weighted by atomic mass is 32.1. The second-order valence-corrected chi connectivity index (χ2v) is 9.20. The fourth-order valence-electron chi connectivity index (χ4n) is 3.82. The Morgan fingerprint density at radius 2 is 1.90 bits per heavy atom. The highest BCUT2D eigenvalue weighted by Crippen LogP contribution is 2.33. The maximum Gasteiger partial charge on any atom is 0.259 e. The molecule has 2 heterocycles. The van der Waals surface area contributed by atoms with Gasteiger partial charge in [0.05, 0.1) is 11.8 Å². The van der Waals surface area contributed by atoms with Crippen molar-refractivity contribution in [1.29, 1.82) is 0 Å². The Morgan fingerprint density at radius 1 is 1.16 bits per heavy atom. The summed E-state index contributed by atoms with van der Waals surface area (Å²) in [4.78, 5) is 47.8. The molecular formula is C23H26N4O3S. The minimum atomic E-state index is -0.148. The second kappa shape index (κ2) is 9.01. The molecule has 31 heavy (non-hydrogen) atoms. The lowest BCUT2D eigenvalue weighted by atomic mass is 9.97. The van der Waals surface area contributed by atoms with Crippen molar-refractivity contribution in [2.24, 2.45) is 0 Å². The maximum atomic E-state index is 12.6. The fraction of sp³-hybridized carbons (Fsp3) is 0.391. The van der Waals surface area contributed by atoms with E-state index < -0.39 is 0 Å². The number of amides is 2. The summed E-state index contributed by atoms with van der Waals surface area (Å²) in [5.74, 6) is 0.427. The van der Waals surface area contributed by atoms with Crippen LogP contribution in [-0.4, -0.2) is 40.8 Å². The van der Waals surface area contributed by atoms with Crippen molar-refractivity contribution in [3.8, 4) is 0 Å². The largest absolute Gasteiger partial charge is 0.349 e. The summed E-state index contributed by atoms with van der Waals surface area (Å²) in [6.07, 6.45) is 5.18. The van der Waals surface area contributed by atoms with E-state index in [4.69, 9.17) is 0 Å². The zero-order valence-corrected chi connectivity index (χ0v) is 18.6. The molecule has 0 atom stereocenters. The van der Waals surface area contributed by atoms with Crippen LogP contribution in [0.5, 0.6) is 0 Å². The van der Waals surface area contributed by atoms with Gasteiger partial charge in [0.1, 0.15) is 10.7 Å². The summed E-state index contributed by atoms with van der Waals surface area (Å²) in [5, 5.41) is 3.59. The molecule has 0 radical (unpaired) electrons. The van der Waals surface area contributed by atoms with Crippen LogP contribution in [0.3, 0.4) is 0 Å². The lowest BCUT2D eigenvalue weighted by Gasteiger charge is -2.10. The van der Waals surface area contributed by atoms with Gasteiger partial charge in [-0.3, -0.25) is 14.4 Å². The van der Waals surface area contributed by atoms with Crippen molar-refractivity contribution in [2.75, 3.05) is 19.4 Å². The third-order valence-corrected chi connectivity index (χ3v) is 6.74. The number of aryl methyl sites for hydroxylation is 3. The Hall–Kier alpha value is -3.00. The van der Waals surface area contributed by atoms with E-state index in [0.29, 0.717) is 24.4 Å². The molecule has 0 saturated heterocycles. The number of hydrogen-bond acceptors (Lipinski definition) is 5. The highest BCUT2D eigenvalue weighted by molar-refractivity contribution is 7.18. The molecule has 2 N–H and O–H groups in total. The van der Waals surface area contributed by atoms with E-state index >= 15 is 0 Å². The van der Waals surface area contributed by atoms with Crippen molar-refractivity contribution < 1.29 is 9.59 Å². The van der Waals surface area contributed by atoms with E-state index in [1.165, 1.54) is 10.4 Å². The summed E-state index contributed by atoms with van der Waals surface area (Å²) >= 11 is 1.61. The third-order valence-electron chi connectivity index (χ3n) is 5.55. The van der Waals surface area contributed by atoms with Crippen LogP contribution >= 0.6 is 11.3 Å². The van der Waals surface area contributed by atoms with Gasteiger partial charge < -0.3 is 15.2 Å². The average Bonchev–Trinajstić information content (AvgIpc) is 3.12. The Balaban J connectivity index is 1.37. The fourth-order valence-corrected chi connectivity index (χ4v) is 5.10. The molecule has 1 aliphatic carbocycles. The Bertz CT molecular complexity index is 1180. The molecule has 4 rings (SSSR count). The van der Waals surface area contributed by atoms with Crippen LogP contribution in [0.1, 0.15) is 41.1 Å². The second-order valence-electron chi connectivity index (χ2n) is 8.11. The zero-order valence-electron chi connectivity index (χ0n) is 17.8. The number of fused-ring (bicyclic) bond motifs is 3. The number of hydrogen-bond donors (Lipinski definition) is 2. The predicted octanol–water partition coefficient (Wildman–Crippen LogP) is 3.07. The minimum Gasteiger partial charge on any atom is -0.349 e. The summed E-state index contributed by atoms with van der Waals surface area (Å²) in [7, 11) is 3.45. The quantitative estimate of drug-likeness (QED) is 0.618. The van der Waals surface area contributed by atoms with Gasteiger partial charge in [-0.15, -0.1) is 11.3 Å². The molecule has 162 valence electrons. The van der Waals surface area contributed by atoms with E-state index in [1.54, 1.807) is 42.5 Å². The van der Waals surface area contributed by atoms with Crippen molar-refractivity contribution in [1.82, 2.24) is 14.9 Å². The van der Waals surface area contributed by atoms with Crippen LogP contribution in [-0.2, 0) is 35.3 Å². The SMILES string of the molecule is CN(C)C(=O)Cc1ccc(NC(=O)CCc2nc3sc4c(c3c(=O)[nH]2)CCCC4)cc1. The minimum absolute atomic E-state index is 0.0295. The number of carbonyl (C=O) groups excluding carboxylic acids is 2. The molecule has 7 nitrogen and oxygen atoms in total. The molecule has 0 spiro atoms. The number of aromatic amines is 1. The predicted molar refractivity (Wildman–Crippen MR) is 123 cm³/mol. The van der Waals surface area contributed by atoms with Crippen LogP contribution in [0.25, 0.3) is 10.2 Å². The van der Waals surface area contributed by atoms with Crippen LogP contribution in [0, 0.1) is 0 Å². The van der Waals surface area contributed by atoms with Gasteiger partial charge in [-0.1, -0.05) is 12.1 Å². The lowest BCUT2D eigenvalue weighted by molar-refractivity contribution is -0.128. The number of aromatic nitrogens is 2. The Morgan fingerprint density at radius 3 is 2.65 bits per heavy atom. The van der Waals surface area contributed by atoms with Crippen LogP contribution < -0.4 is 10.9 Å². The molecule has 2 aromatic heterocycles. The molecule has 0 unspecified atom stereocenters. The number of anilines is 1. The molecule has 1 aromatic carbocycles. The van der Waals surface area contributed by atoms with Gasteiger partial charge in [-0.25, -0.2) is 4.98 Å².